The quantitative estimate of drug-likeness (QED) is 0.118. The predicted molar refractivity (Wildman–Crippen MR) is 276 cm³/mol. The molecule has 3 aromatic heterocycles. The summed E-state index contributed by atoms with van der Waals surface area (Å²) in [4.78, 5) is 9.88. The Balaban J connectivity index is 0.000000203. The van der Waals surface area contributed by atoms with Crippen LogP contribution in [0.2, 0.25) is 17.3 Å². The molecule has 0 fully saturated rings. The van der Waals surface area contributed by atoms with Gasteiger partial charge in [-0.2, -0.15) is 0 Å². The molecule has 0 aliphatic rings. The van der Waals surface area contributed by atoms with Crippen LogP contribution < -0.4 is 4.40 Å². The van der Waals surface area contributed by atoms with Gasteiger partial charge in [-0.05, 0) is 28.6 Å². The van der Waals surface area contributed by atoms with Crippen molar-refractivity contribution in [2.75, 3.05) is 0 Å². The van der Waals surface area contributed by atoms with Crippen molar-refractivity contribution >= 4 is 61.4 Å². The third-order valence-electron chi connectivity index (χ3n) is 11.8. The Morgan fingerprint density at radius 3 is 1.96 bits per heavy atom. The molecule has 0 spiro atoms. The Morgan fingerprint density at radius 2 is 1.30 bits per heavy atom. The van der Waals surface area contributed by atoms with Crippen LogP contribution in [0.4, 0.5) is 4.39 Å². The van der Waals surface area contributed by atoms with Crippen LogP contribution in [0.3, 0.4) is 0 Å². The molecule has 4 nitrogen and oxygen atoms in total. The molecule has 8 aromatic carbocycles. The van der Waals surface area contributed by atoms with E-state index in [1.165, 1.54) is 17.5 Å². The van der Waals surface area contributed by atoms with Gasteiger partial charge in [0.1, 0.15) is 5.58 Å². The zero-order chi connectivity index (χ0) is 47.4. The Hall–Kier alpha value is -6.44. The van der Waals surface area contributed by atoms with E-state index in [9.17, 15) is 4.39 Å². The number of hydrogen-bond donors (Lipinski definition) is 0. The summed E-state index contributed by atoms with van der Waals surface area (Å²) in [5, 5.41) is 4.46. The van der Waals surface area contributed by atoms with Crippen molar-refractivity contribution < 1.29 is 31.7 Å². The molecule has 0 unspecified atom stereocenters. The second-order valence-electron chi connectivity index (χ2n) is 18.7. The minimum Gasteiger partial charge on any atom is -0.500 e. The van der Waals surface area contributed by atoms with Crippen molar-refractivity contribution in [3.63, 3.8) is 0 Å². The molecular formula is C60H50FGeIrN3O-2. The van der Waals surface area contributed by atoms with Crippen LogP contribution in [0.25, 0.3) is 94.3 Å². The predicted octanol–water partition coefficient (Wildman–Crippen LogP) is 15.7. The van der Waals surface area contributed by atoms with E-state index in [-0.39, 0.29) is 25.9 Å². The Morgan fingerprint density at radius 1 is 0.657 bits per heavy atom. The number of fused-ring (bicyclic) bond motifs is 6. The fourth-order valence-corrected chi connectivity index (χ4v) is 11.7. The van der Waals surface area contributed by atoms with E-state index in [0.29, 0.717) is 16.8 Å². The number of pyridine rings is 1. The number of rotatable bonds is 7. The fourth-order valence-electron chi connectivity index (χ4n) is 8.79. The maximum Gasteiger partial charge on any atom is 0.120 e. The maximum atomic E-state index is 13.1. The van der Waals surface area contributed by atoms with E-state index in [4.69, 9.17) is 12.1 Å². The van der Waals surface area contributed by atoms with Crippen LogP contribution in [0, 0.1) is 23.4 Å². The van der Waals surface area contributed by atoms with Crippen molar-refractivity contribution in [3.05, 3.63) is 206 Å². The molecule has 11 aromatic rings. The van der Waals surface area contributed by atoms with Crippen molar-refractivity contribution in [2.24, 2.45) is 5.41 Å². The minimum absolute atomic E-state index is 0. The topological polar surface area (TPSA) is 43.9 Å². The molecule has 0 aliphatic carbocycles. The molecule has 333 valence electrons. The van der Waals surface area contributed by atoms with Crippen LogP contribution in [0.5, 0.6) is 0 Å². The van der Waals surface area contributed by atoms with Crippen LogP contribution >= 0.6 is 0 Å². The van der Waals surface area contributed by atoms with Gasteiger partial charge in [0.2, 0.25) is 0 Å². The van der Waals surface area contributed by atoms with Crippen LogP contribution in [0.1, 0.15) is 29.1 Å². The van der Waals surface area contributed by atoms with E-state index in [0.717, 1.165) is 82.1 Å². The number of hydrogen-bond acceptors (Lipinski definition) is 3. The largest absolute Gasteiger partial charge is 0.500 e. The third-order valence-corrected chi connectivity index (χ3v) is 16.0. The van der Waals surface area contributed by atoms with Crippen molar-refractivity contribution in [1.82, 2.24) is 14.5 Å². The number of halogens is 1. The van der Waals surface area contributed by atoms with E-state index in [1.54, 1.807) is 6.07 Å². The number of imidazole rings is 1. The van der Waals surface area contributed by atoms with Gasteiger partial charge in [-0.25, -0.2) is 0 Å². The normalized spacial score (nSPS) is 12.4. The summed E-state index contributed by atoms with van der Waals surface area (Å²) in [6.45, 7) is 5.74. The molecule has 0 amide bonds. The van der Waals surface area contributed by atoms with Gasteiger partial charge in [0.15, 0.2) is 0 Å². The van der Waals surface area contributed by atoms with Crippen molar-refractivity contribution in [2.45, 2.75) is 44.4 Å². The second kappa shape index (κ2) is 18.7. The molecule has 0 saturated carbocycles. The van der Waals surface area contributed by atoms with Crippen LogP contribution in [0.15, 0.2) is 187 Å². The van der Waals surface area contributed by atoms with Gasteiger partial charge in [0.25, 0.3) is 0 Å². The summed E-state index contributed by atoms with van der Waals surface area (Å²) < 4.78 is 40.2. The first-order valence-electron chi connectivity index (χ1n) is 23.3. The van der Waals surface area contributed by atoms with Gasteiger partial charge in [0.05, 0.1) is 28.1 Å². The smallest absolute Gasteiger partial charge is 0.120 e. The van der Waals surface area contributed by atoms with Gasteiger partial charge in [-0.15, -0.1) is 23.8 Å². The van der Waals surface area contributed by atoms with Gasteiger partial charge in [-0.3, -0.25) is 4.98 Å². The molecule has 0 aliphatic heterocycles. The minimum atomic E-state index is -2.31. The molecule has 0 saturated heterocycles. The van der Waals surface area contributed by atoms with Gasteiger partial charge in [0, 0.05) is 42.0 Å². The van der Waals surface area contributed by atoms with Crippen LogP contribution in [-0.4, -0.2) is 27.8 Å². The summed E-state index contributed by atoms with van der Waals surface area (Å²) in [5.74, 6) is 7.21. The first kappa shape index (κ1) is 43.2. The average molecular weight is 1110 g/mol. The van der Waals surface area contributed by atoms with Gasteiger partial charge in [-0.1, -0.05) is 133 Å². The molecule has 11 rings (SSSR count). The Labute approximate surface area is 411 Å². The molecule has 1 radical (unpaired) electrons. The molecule has 3 heterocycles. The Bertz CT molecular complexity index is 3580. The van der Waals surface area contributed by atoms with E-state index in [2.05, 4.69) is 172 Å². The SMILES string of the molecule is [2H]C([2H])(c1cc(-c2[c-]cc(F)cc2)nc[c]1[Ge]([CH3])([CH3])[CH3])C(C)(C)C.[Ir].[c-]1cc2oc3ccccc3c2cc1-c1nc2ccc3ccccc3c2n1-c1c(-c2ccccc2)cccc1-c1ccccc1. The Kier molecular flexibility index (Phi) is 12.0. The third kappa shape index (κ3) is 9.31. The molecule has 7 heteroatoms. The summed E-state index contributed by atoms with van der Waals surface area (Å²) in [6.07, 6.45) is 0.337. The summed E-state index contributed by atoms with van der Waals surface area (Å²) in [7, 11) is 0. The number of benzene rings is 8. The van der Waals surface area contributed by atoms with E-state index in [1.807, 2.05) is 51.2 Å². The summed E-state index contributed by atoms with van der Waals surface area (Å²) in [5.41, 5.74) is 11.7. The molecule has 67 heavy (non-hydrogen) atoms. The zero-order valence-corrected chi connectivity index (χ0v) is 42.8. The molecule has 0 atom stereocenters. The second-order valence-corrected chi connectivity index (χ2v) is 29.3. The molecule has 0 bridgehead atoms. The van der Waals surface area contributed by atoms with Gasteiger partial charge >= 0.3 is 139 Å². The first-order valence-corrected chi connectivity index (χ1v) is 29.7. The first-order chi connectivity index (χ1) is 32.7. The molecular weight excluding hydrogens is 1060 g/mol. The van der Waals surface area contributed by atoms with E-state index >= 15 is 0 Å². The summed E-state index contributed by atoms with van der Waals surface area (Å²) in [6, 6.07) is 65.6. The zero-order valence-electron chi connectivity index (χ0n) is 40.3. The van der Waals surface area contributed by atoms with Crippen molar-refractivity contribution in [1.29, 1.82) is 0 Å². The number of para-hydroxylation sites is 2. The number of nitrogens with zero attached hydrogens (tertiary/aromatic N) is 3. The fraction of sp³-hybridized carbons (Fsp3) is 0.133. The van der Waals surface area contributed by atoms with Crippen LogP contribution in [-0.2, 0) is 26.5 Å². The summed E-state index contributed by atoms with van der Waals surface area (Å²) >= 11 is -2.31. The average Bonchev–Trinajstić information content (AvgIpc) is 3.93. The maximum absolute atomic E-state index is 13.1. The standard InChI is InChI=1S/C41H25N2O.C19H25FGeN.Ir/c1-3-12-27(13-4-1)31-19-11-20-32(28-14-5-2-6-15-28)39(31)43-40-33-17-8-7-16-29(33)22-24-36(40)42-41(43)30-23-25-38-35(26-30)34-18-9-10-21-37(34)44-38;1-19(2,3)12-15-11-18(14-7-9-16(20)10-8-14)22-13-17(15)21(4,5)6;/h1-22,24-26H;7,9-11,13H,12H2,1-6H3;/q2*-1;/i;12D2;. The van der Waals surface area contributed by atoms with Gasteiger partial charge < -0.3 is 8.98 Å². The number of furan rings is 1. The van der Waals surface area contributed by atoms with Crippen molar-refractivity contribution in [3.8, 4) is 50.6 Å². The molecule has 0 N–H and O–H groups in total. The van der Waals surface area contributed by atoms with E-state index < -0.39 is 25.1 Å². The monoisotopic (exact) mass is 1120 g/mol. The number of aromatic nitrogens is 3.